The van der Waals surface area contributed by atoms with E-state index in [0.29, 0.717) is 30.1 Å². The van der Waals surface area contributed by atoms with Gasteiger partial charge in [0.05, 0.1) is 51.0 Å². The van der Waals surface area contributed by atoms with Crippen LogP contribution in [0, 0.1) is 0 Å². The van der Waals surface area contributed by atoms with Crippen molar-refractivity contribution in [2.75, 3.05) is 34.1 Å². The number of aliphatic hydroxyl groups is 3. The van der Waals surface area contributed by atoms with Crippen LogP contribution in [0.5, 0.6) is 11.5 Å². The molecule has 4 N–H and O–H groups in total. The van der Waals surface area contributed by atoms with Crippen LogP contribution < -0.4 is 19.5 Å². The summed E-state index contributed by atoms with van der Waals surface area (Å²) in [7, 11) is 2.77. The molecule has 5 rings (SSSR count). The zero-order valence-corrected chi connectivity index (χ0v) is 26.9. The summed E-state index contributed by atoms with van der Waals surface area (Å²) in [6, 6.07) is 4.03. The van der Waals surface area contributed by atoms with Crippen LogP contribution in [-0.4, -0.2) is 90.2 Å². The Kier molecular flexibility index (Phi) is 10.6. The molecule has 13 nitrogen and oxygen atoms in total. The van der Waals surface area contributed by atoms with Crippen LogP contribution in [0.3, 0.4) is 0 Å². The molecular formula is C33H45NO12. The van der Waals surface area contributed by atoms with Gasteiger partial charge in [0.1, 0.15) is 11.3 Å². The van der Waals surface area contributed by atoms with Crippen molar-refractivity contribution in [3.63, 3.8) is 0 Å². The van der Waals surface area contributed by atoms with Gasteiger partial charge in [-0.05, 0) is 56.4 Å². The minimum absolute atomic E-state index is 0.0634. The van der Waals surface area contributed by atoms with Crippen LogP contribution in [0.25, 0.3) is 0 Å². The van der Waals surface area contributed by atoms with Gasteiger partial charge in [-0.15, -0.1) is 0 Å². The number of hydrogen-bond donors (Lipinski definition) is 4. The number of benzene rings is 1. The van der Waals surface area contributed by atoms with Crippen LogP contribution in [0.2, 0.25) is 0 Å². The van der Waals surface area contributed by atoms with Crippen LogP contribution >= 0.6 is 0 Å². The lowest BCUT2D eigenvalue weighted by Crippen LogP contribution is -3.18. The van der Waals surface area contributed by atoms with E-state index in [1.807, 2.05) is 12.1 Å². The van der Waals surface area contributed by atoms with Gasteiger partial charge >= 0.3 is 11.9 Å². The number of carbonyl (C=O) groups is 3. The molecule has 1 saturated heterocycles. The summed E-state index contributed by atoms with van der Waals surface area (Å²) in [6.45, 7) is 8.32. The van der Waals surface area contributed by atoms with Crippen molar-refractivity contribution in [2.45, 2.75) is 94.0 Å². The molecule has 13 heteroatoms. The Morgan fingerprint density at radius 3 is 2.41 bits per heavy atom. The minimum Gasteiger partial charge on any atom is -0.550 e. The Balaban J connectivity index is 0.000000617. The van der Waals surface area contributed by atoms with E-state index >= 15 is 0 Å². The van der Waals surface area contributed by atoms with Gasteiger partial charge < -0.3 is 53.8 Å². The zero-order chi connectivity index (χ0) is 33.9. The summed E-state index contributed by atoms with van der Waals surface area (Å²) in [4.78, 5) is 36.9. The number of rotatable bonds is 11. The summed E-state index contributed by atoms with van der Waals surface area (Å²) in [5.74, 6) is -1.66. The number of quaternary nitrogens is 1. The summed E-state index contributed by atoms with van der Waals surface area (Å²) in [5.41, 5.74) is -1.29. The molecule has 1 aliphatic carbocycles. The fourth-order valence-electron chi connectivity index (χ4n) is 7.08. The van der Waals surface area contributed by atoms with E-state index in [-0.39, 0.29) is 30.4 Å². The van der Waals surface area contributed by atoms with Gasteiger partial charge in [-0.2, -0.15) is 0 Å². The smallest absolute Gasteiger partial charge is 0.339 e. The minimum atomic E-state index is -2.11. The molecule has 0 saturated carbocycles. The van der Waals surface area contributed by atoms with Gasteiger partial charge in [-0.25, -0.2) is 4.79 Å². The number of carbonyl (C=O) groups excluding carboxylic acids is 3. The quantitative estimate of drug-likeness (QED) is 0.191. The third-order valence-electron chi connectivity index (χ3n) is 9.17. The lowest BCUT2D eigenvalue weighted by atomic mass is 9.77. The molecule has 0 bridgehead atoms. The highest BCUT2D eigenvalue weighted by atomic mass is 16.7. The van der Waals surface area contributed by atoms with Gasteiger partial charge in [0.25, 0.3) is 0 Å². The topological polar surface area (TPSA) is 186 Å². The molecule has 0 radical (unpaired) electrons. The summed E-state index contributed by atoms with van der Waals surface area (Å²) < 4.78 is 28.1. The van der Waals surface area contributed by atoms with E-state index in [2.05, 4.69) is 12.7 Å². The third-order valence-corrected chi connectivity index (χ3v) is 9.17. The molecule has 1 aromatic carbocycles. The Bertz CT molecular complexity index is 1350. The highest BCUT2D eigenvalue weighted by Gasteiger charge is 2.62. The number of fused-ring (bicyclic) bond motifs is 3. The molecule has 1 unspecified atom stereocenters. The number of aliphatic hydroxyl groups excluding tert-OH is 1. The molecule has 3 aliphatic heterocycles. The maximum absolute atomic E-state index is 13.8. The molecule has 5 atom stereocenters. The van der Waals surface area contributed by atoms with E-state index in [1.54, 1.807) is 21.0 Å². The zero-order valence-electron chi connectivity index (χ0n) is 26.9. The monoisotopic (exact) mass is 647 g/mol. The number of carboxylic acid groups (broad SMARTS) is 1. The van der Waals surface area contributed by atoms with Gasteiger partial charge in [0, 0.05) is 37.7 Å². The molecule has 1 fully saturated rings. The molecule has 46 heavy (non-hydrogen) atoms. The summed E-state index contributed by atoms with van der Waals surface area (Å²) in [5, 5.41) is 39.2. The normalized spacial score (nSPS) is 25.3. The Hall–Kier alpha value is -3.81. The van der Waals surface area contributed by atoms with Gasteiger partial charge in [0.15, 0.2) is 23.2 Å². The number of ether oxygens (including phenoxy) is 5. The first-order chi connectivity index (χ1) is 21.6. The predicted molar refractivity (Wildman–Crippen MR) is 160 cm³/mol. The van der Waals surface area contributed by atoms with Crippen molar-refractivity contribution in [1.29, 1.82) is 0 Å². The van der Waals surface area contributed by atoms with Crippen LogP contribution in [0.1, 0.15) is 75.8 Å². The first-order valence-electron chi connectivity index (χ1n) is 15.5. The highest BCUT2D eigenvalue weighted by molar-refractivity contribution is 5.86. The molecule has 1 aromatic rings. The number of esters is 2. The molecule has 1 spiro atoms. The first-order valence-corrected chi connectivity index (χ1v) is 15.5. The Morgan fingerprint density at radius 2 is 1.83 bits per heavy atom. The van der Waals surface area contributed by atoms with E-state index in [0.717, 1.165) is 43.5 Å². The van der Waals surface area contributed by atoms with E-state index in [9.17, 15) is 29.7 Å². The van der Waals surface area contributed by atoms with Crippen LogP contribution in [-0.2, 0) is 35.0 Å². The number of methoxy groups -OCH3 is 2. The lowest BCUT2D eigenvalue weighted by molar-refractivity contribution is -0.932. The van der Waals surface area contributed by atoms with Crippen LogP contribution in [0.15, 0.2) is 36.3 Å². The van der Waals surface area contributed by atoms with Crippen LogP contribution in [0.4, 0.5) is 0 Å². The number of hydrogen-bond acceptors (Lipinski definition) is 12. The maximum Gasteiger partial charge on any atom is 0.339 e. The lowest BCUT2D eigenvalue weighted by Gasteiger charge is -2.37. The molecule has 0 amide bonds. The molecule has 4 aliphatic rings. The SMILES string of the molecule is C=C(O)CC(=O)[O-].COC(=O)C[C@@](O)(CCCC(C)(C)O)C(=O)O[C@@H]1C(OC)=C[C@]23CCC[NH+]2CCc2cc4c(cc2[C@H]13)OCO4. The first kappa shape index (κ1) is 35.1. The average molecular weight is 648 g/mol. The fraction of sp³-hybridized carbons (Fsp3) is 0.606. The van der Waals surface area contributed by atoms with Crippen molar-refractivity contribution in [3.8, 4) is 11.5 Å². The number of carboxylic acids is 1. The summed E-state index contributed by atoms with van der Waals surface area (Å²) >= 11 is 0. The number of nitrogens with one attached hydrogen (secondary N) is 1. The molecule has 254 valence electrons. The van der Waals surface area contributed by atoms with Gasteiger partial charge in [0.2, 0.25) is 6.79 Å². The summed E-state index contributed by atoms with van der Waals surface area (Å²) in [6.07, 6.45) is 3.66. The molecular weight excluding hydrogens is 602 g/mol. The van der Waals surface area contributed by atoms with E-state index in [1.165, 1.54) is 12.0 Å². The Morgan fingerprint density at radius 1 is 1.13 bits per heavy atom. The number of aliphatic carboxylic acids is 1. The van der Waals surface area contributed by atoms with Gasteiger partial charge in [-0.3, -0.25) is 4.79 Å². The van der Waals surface area contributed by atoms with E-state index in [4.69, 9.17) is 28.8 Å². The molecule has 0 aromatic heterocycles. The standard InChI is InChI=1S/C29H39NO9.C4H6O3/c1-27(2,33)8-5-10-29(34,16-23(31)36-4)26(32)39-25-22(35-3)15-28-9-6-11-30(28)12-7-18-13-20-21(38-17-37-20)14-19(18)24(25)28;1-3(5)2-4(6)7/h13-15,24-25,33-34H,5-12,16-17H2,1-4H3;5H,1-2H2,(H,6,7)/t24-,25-,28+,29+;/m1./s1. The second-order valence-electron chi connectivity index (χ2n) is 13.0. The molecule has 3 heterocycles. The van der Waals surface area contributed by atoms with Gasteiger partial charge in [-0.1, -0.05) is 6.58 Å². The van der Waals surface area contributed by atoms with E-state index < -0.39 is 48.1 Å². The predicted octanol–water partition coefficient (Wildman–Crippen LogP) is 0.362. The second kappa shape index (κ2) is 13.9. The average Bonchev–Trinajstić information content (AvgIpc) is 3.65. The van der Waals surface area contributed by atoms with Crippen molar-refractivity contribution in [1.82, 2.24) is 0 Å². The van der Waals surface area contributed by atoms with Crippen molar-refractivity contribution >= 4 is 17.9 Å². The fourth-order valence-corrected chi connectivity index (χ4v) is 7.08. The Labute approximate surface area is 268 Å². The third kappa shape index (κ3) is 7.59. The second-order valence-corrected chi connectivity index (χ2v) is 13.0. The largest absolute Gasteiger partial charge is 0.550 e. The maximum atomic E-state index is 13.8. The highest BCUT2D eigenvalue weighted by Crippen LogP contribution is 2.50. The van der Waals surface area contributed by atoms with Crippen molar-refractivity contribution in [3.05, 3.63) is 47.4 Å². The van der Waals surface area contributed by atoms with Crippen molar-refractivity contribution in [2.24, 2.45) is 0 Å². The van der Waals surface area contributed by atoms with Crippen molar-refractivity contribution < 1.29 is 63.4 Å².